The lowest BCUT2D eigenvalue weighted by Gasteiger charge is -2.16. The van der Waals surface area contributed by atoms with Gasteiger partial charge in [-0.2, -0.15) is 0 Å². The Morgan fingerprint density at radius 2 is 1.71 bits per heavy atom. The first-order chi connectivity index (χ1) is 16.9. The molecule has 0 aliphatic heterocycles. The summed E-state index contributed by atoms with van der Waals surface area (Å²) in [6.07, 6.45) is 3.98. The van der Waals surface area contributed by atoms with Crippen LogP contribution in [-0.2, 0) is 0 Å². The Morgan fingerprint density at radius 3 is 2.46 bits per heavy atom. The lowest BCUT2D eigenvalue weighted by molar-refractivity contribution is 0.262. The molecule has 1 aliphatic rings. The third-order valence-corrected chi connectivity index (χ3v) is 6.79. The number of hydrogen-bond acceptors (Lipinski definition) is 8. The van der Waals surface area contributed by atoms with Gasteiger partial charge in [0.25, 0.3) is 0 Å². The molecular weight excluding hydrogens is 466 g/mol. The van der Waals surface area contributed by atoms with Crippen LogP contribution in [0.4, 0.5) is 15.6 Å². The van der Waals surface area contributed by atoms with Crippen LogP contribution in [0.3, 0.4) is 0 Å². The second-order valence-electron chi connectivity index (χ2n) is 8.37. The third-order valence-electron chi connectivity index (χ3n) is 5.78. The van der Waals surface area contributed by atoms with Crippen LogP contribution in [0.25, 0.3) is 10.9 Å². The fourth-order valence-electron chi connectivity index (χ4n) is 3.72. The molecule has 10 heteroatoms. The second-order valence-corrected chi connectivity index (χ2v) is 9.38. The molecular formula is C25H25N5O4S. The number of hydrogen-bond donors (Lipinski definition) is 2. The first kappa shape index (κ1) is 22.9. The molecule has 0 bridgehead atoms. The van der Waals surface area contributed by atoms with E-state index in [0.717, 1.165) is 39.9 Å². The highest BCUT2D eigenvalue weighted by Crippen LogP contribution is 2.42. The molecule has 2 aromatic carbocycles. The summed E-state index contributed by atoms with van der Waals surface area (Å²) in [5.41, 5.74) is 3.13. The monoisotopic (exact) mass is 491 g/mol. The predicted molar refractivity (Wildman–Crippen MR) is 135 cm³/mol. The fraction of sp³-hybridized carbons (Fsp3) is 0.280. The summed E-state index contributed by atoms with van der Waals surface area (Å²) in [6.45, 7) is 3.84. The van der Waals surface area contributed by atoms with E-state index in [9.17, 15) is 4.79 Å². The molecule has 1 saturated carbocycles. The number of rotatable bonds is 7. The van der Waals surface area contributed by atoms with Gasteiger partial charge in [-0.25, -0.2) is 4.79 Å². The van der Waals surface area contributed by atoms with Crippen LogP contribution in [0, 0.1) is 13.8 Å². The number of benzene rings is 2. The largest absolute Gasteiger partial charge is 0.493 e. The van der Waals surface area contributed by atoms with E-state index in [0.29, 0.717) is 39.7 Å². The highest BCUT2D eigenvalue weighted by Gasteiger charge is 2.27. The van der Waals surface area contributed by atoms with Gasteiger partial charge in [-0.1, -0.05) is 11.3 Å². The van der Waals surface area contributed by atoms with Gasteiger partial charge in [0.05, 0.1) is 19.7 Å². The molecule has 9 nitrogen and oxygen atoms in total. The number of amides is 2. The number of aromatic nitrogens is 3. The van der Waals surface area contributed by atoms with Crippen LogP contribution >= 0.6 is 11.3 Å². The van der Waals surface area contributed by atoms with Crippen LogP contribution < -0.4 is 24.8 Å². The van der Waals surface area contributed by atoms with Gasteiger partial charge in [-0.3, -0.25) is 10.3 Å². The van der Waals surface area contributed by atoms with Gasteiger partial charge >= 0.3 is 6.03 Å². The van der Waals surface area contributed by atoms with Crippen molar-refractivity contribution < 1.29 is 19.0 Å². The molecule has 4 aromatic rings. The van der Waals surface area contributed by atoms with Crippen LogP contribution in [0.1, 0.15) is 34.9 Å². The van der Waals surface area contributed by atoms with E-state index in [2.05, 4.69) is 25.8 Å². The minimum Gasteiger partial charge on any atom is -0.493 e. The molecule has 2 N–H and O–H groups in total. The molecule has 1 aliphatic carbocycles. The van der Waals surface area contributed by atoms with Crippen molar-refractivity contribution in [3.05, 3.63) is 52.7 Å². The molecule has 35 heavy (non-hydrogen) atoms. The molecule has 180 valence electrons. The van der Waals surface area contributed by atoms with Crippen LogP contribution in [-0.4, -0.2) is 35.4 Å². The van der Waals surface area contributed by atoms with Crippen LogP contribution in [0.2, 0.25) is 0 Å². The molecule has 5 rings (SSSR count). The summed E-state index contributed by atoms with van der Waals surface area (Å²) >= 11 is 1.42. The van der Waals surface area contributed by atoms with E-state index in [1.54, 1.807) is 26.5 Å². The Morgan fingerprint density at radius 1 is 0.943 bits per heavy atom. The van der Waals surface area contributed by atoms with E-state index in [4.69, 9.17) is 14.2 Å². The number of pyridine rings is 1. The lowest BCUT2D eigenvalue weighted by Crippen LogP contribution is -2.20. The number of carbonyl (C=O) groups excluding carboxylic acids is 1. The fourth-order valence-corrected chi connectivity index (χ4v) is 4.63. The first-order valence-electron chi connectivity index (χ1n) is 11.2. The molecule has 2 amide bonds. The van der Waals surface area contributed by atoms with E-state index in [1.807, 2.05) is 38.1 Å². The summed E-state index contributed by atoms with van der Waals surface area (Å²) in [6, 6.07) is 8.89. The van der Waals surface area contributed by atoms with Gasteiger partial charge in [-0.15, -0.1) is 10.2 Å². The standard InChI is InChI=1S/C25H25N5O4S/c1-13-10-20(34-19-7-8-26-18-12-22(33-4)21(32-3)11-16(18)19)14(2)9-17(13)27-24(31)28-25-30-29-23(35-25)15-5-6-15/h7-12,15H,5-6H2,1-4H3,(H2,27,28,30,31). The Kier molecular flexibility index (Phi) is 6.12. The van der Waals surface area contributed by atoms with Crippen molar-refractivity contribution in [3.63, 3.8) is 0 Å². The Hall–Kier alpha value is -3.92. The summed E-state index contributed by atoms with van der Waals surface area (Å²) in [5.74, 6) is 3.01. The number of aryl methyl sites for hydroxylation is 2. The zero-order valence-electron chi connectivity index (χ0n) is 19.8. The number of nitrogens with zero attached hydrogens (tertiary/aromatic N) is 3. The van der Waals surface area contributed by atoms with Gasteiger partial charge in [0.15, 0.2) is 11.5 Å². The van der Waals surface area contributed by atoms with Crippen LogP contribution in [0.5, 0.6) is 23.0 Å². The highest BCUT2D eigenvalue weighted by molar-refractivity contribution is 7.15. The molecule has 0 saturated heterocycles. The van der Waals surface area contributed by atoms with Gasteiger partial charge in [-0.05, 0) is 62.1 Å². The van der Waals surface area contributed by atoms with Crippen molar-refractivity contribution in [3.8, 4) is 23.0 Å². The van der Waals surface area contributed by atoms with Crippen molar-refractivity contribution in [2.24, 2.45) is 0 Å². The van der Waals surface area contributed by atoms with Gasteiger partial charge in [0.1, 0.15) is 16.5 Å². The molecule has 0 atom stereocenters. The number of fused-ring (bicyclic) bond motifs is 1. The number of anilines is 2. The summed E-state index contributed by atoms with van der Waals surface area (Å²) in [7, 11) is 3.18. The van der Waals surface area contributed by atoms with Crippen molar-refractivity contribution >= 4 is 39.1 Å². The SMILES string of the molecule is COc1cc2nccc(Oc3cc(C)c(NC(=O)Nc4nnc(C5CC5)s4)cc3C)c2cc1OC. The van der Waals surface area contributed by atoms with Crippen molar-refractivity contribution in [2.75, 3.05) is 24.9 Å². The Bertz CT molecular complexity index is 1420. The first-order valence-corrected chi connectivity index (χ1v) is 12.0. The molecule has 0 radical (unpaired) electrons. The molecule has 2 aromatic heterocycles. The van der Waals surface area contributed by atoms with Gasteiger partial charge in [0, 0.05) is 29.3 Å². The minimum atomic E-state index is -0.360. The normalized spacial score (nSPS) is 12.9. The van der Waals surface area contributed by atoms with E-state index in [1.165, 1.54) is 11.3 Å². The summed E-state index contributed by atoms with van der Waals surface area (Å²) < 4.78 is 17.1. The lowest BCUT2D eigenvalue weighted by atomic mass is 10.1. The Balaban J connectivity index is 1.34. The maximum absolute atomic E-state index is 12.5. The van der Waals surface area contributed by atoms with E-state index < -0.39 is 0 Å². The van der Waals surface area contributed by atoms with E-state index >= 15 is 0 Å². The maximum Gasteiger partial charge on any atom is 0.325 e. The van der Waals surface area contributed by atoms with Crippen molar-refractivity contribution in [1.29, 1.82) is 0 Å². The number of nitrogens with one attached hydrogen (secondary N) is 2. The third kappa shape index (κ3) is 4.83. The number of methoxy groups -OCH3 is 2. The zero-order valence-corrected chi connectivity index (χ0v) is 20.7. The average Bonchev–Trinajstić information content (AvgIpc) is 3.60. The number of carbonyl (C=O) groups is 1. The molecule has 2 heterocycles. The summed E-state index contributed by atoms with van der Waals surface area (Å²) in [5, 5.41) is 16.2. The smallest absolute Gasteiger partial charge is 0.325 e. The maximum atomic E-state index is 12.5. The van der Waals surface area contributed by atoms with Gasteiger partial charge < -0.3 is 19.5 Å². The zero-order chi connectivity index (χ0) is 24.5. The topological polar surface area (TPSA) is 107 Å². The Labute approximate surface area is 206 Å². The quantitative estimate of drug-likeness (QED) is 0.325. The second kappa shape index (κ2) is 9.38. The van der Waals surface area contributed by atoms with Crippen molar-refractivity contribution in [2.45, 2.75) is 32.6 Å². The highest BCUT2D eigenvalue weighted by atomic mass is 32.1. The summed E-state index contributed by atoms with van der Waals surface area (Å²) in [4.78, 5) is 17.0. The number of ether oxygens (including phenoxy) is 3. The van der Waals surface area contributed by atoms with Gasteiger partial charge in [0.2, 0.25) is 5.13 Å². The molecule has 0 unspecified atom stereocenters. The van der Waals surface area contributed by atoms with Crippen molar-refractivity contribution in [1.82, 2.24) is 15.2 Å². The predicted octanol–water partition coefficient (Wildman–Crippen LogP) is 6.03. The van der Waals surface area contributed by atoms with E-state index in [-0.39, 0.29) is 6.03 Å². The van der Waals surface area contributed by atoms with Crippen LogP contribution in [0.15, 0.2) is 36.5 Å². The average molecular weight is 492 g/mol. The molecule has 1 fully saturated rings. The molecule has 0 spiro atoms. The minimum absolute atomic E-state index is 0.360. The number of urea groups is 1.